The van der Waals surface area contributed by atoms with Crippen molar-refractivity contribution in [3.63, 3.8) is 0 Å². The third-order valence-electron chi connectivity index (χ3n) is 7.11. The zero-order valence-corrected chi connectivity index (χ0v) is 24.6. The van der Waals surface area contributed by atoms with Crippen LogP contribution in [0.25, 0.3) is 22.5 Å². The van der Waals surface area contributed by atoms with Crippen molar-refractivity contribution < 1.29 is 24.5 Å². The van der Waals surface area contributed by atoms with Gasteiger partial charge in [0.1, 0.15) is 29.9 Å². The number of hydrogen-bond donors (Lipinski definition) is 3. The fraction of sp³-hybridized carbons (Fsp3) is 0.357. The van der Waals surface area contributed by atoms with E-state index >= 15 is 0 Å². The predicted octanol–water partition coefficient (Wildman–Crippen LogP) is 2.94. The number of aliphatic hydroxyl groups excluding tert-OH is 1. The van der Waals surface area contributed by atoms with Gasteiger partial charge in [0.05, 0.1) is 30.1 Å². The average molecular weight is 621 g/mol. The summed E-state index contributed by atoms with van der Waals surface area (Å²) in [6, 6.07) is 5.53. The van der Waals surface area contributed by atoms with Crippen LogP contribution in [0.3, 0.4) is 0 Å². The van der Waals surface area contributed by atoms with Crippen molar-refractivity contribution >= 4 is 29.5 Å². The van der Waals surface area contributed by atoms with E-state index in [9.17, 15) is 20.3 Å². The molecule has 0 bridgehead atoms. The Morgan fingerprint density at radius 2 is 1.84 bits per heavy atom. The zero-order chi connectivity index (χ0) is 31.2. The molecule has 0 spiro atoms. The number of aliphatic hydroxyl groups is 2. The van der Waals surface area contributed by atoms with Gasteiger partial charge in [-0.3, -0.25) is 9.58 Å². The second kappa shape index (κ2) is 13.6. The lowest BCUT2D eigenvalue weighted by Gasteiger charge is -2.36. The maximum Gasteiger partial charge on any atom is 0.415 e. The molecule has 1 aliphatic rings. The van der Waals surface area contributed by atoms with Crippen molar-refractivity contribution in [2.75, 3.05) is 23.9 Å². The normalized spacial score (nSPS) is 16.3. The minimum absolute atomic E-state index is 0.0170. The highest BCUT2D eigenvalue weighted by atomic mass is 35.5. The van der Waals surface area contributed by atoms with Gasteiger partial charge in [-0.05, 0) is 37.8 Å². The molecule has 4 heterocycles. The molecule has 4 aromatic rings. The molecule has 0 saturated heterocycles. The van der Waals surface area contributed by atoms with E-state index in [0.717, 1.165) is 5.56 Å². The number of aromatic nitrogens is 7. The van der Waals surface area contributed by atoms with E-state index in [2.05, 4.69) is 41.4 Å². The zero-order valence-electron chi connectivity index (χ0n) is 23.8. The molecule has 0 atom stereocenters. The second-order valence-corrected chi connectivity index (χ2v) is 10.4. The molecular weight excluding hydrogens is 592 g/mol. The Morgan fingerprint density at radius 3 is 2.43 bits per heavy atom. The van der Waals surface area contributed by atoms with Crippen molar-refractivity contribution in [2.45, 2.75) is 44.1 Å². The molecule has 5 rings (SSSR count). The Kier molecular flexibility index (Phi) is 9.44. The minimum atomic E-state index is -1.80. The minimum Gasteiger partial charge on any atom is -0.467 e. The number of anilines is 2. The van der Waals surface area contributed by atoms with Gasteiger partial charge in [0.15, 0.2) is 6.29 Å². The van der Waals surface area contributed by atoms with Gasteiger partial charge in [-0.15, -0.1) is 0 Å². The molecule has 16 heteroatoms. The van der Waals surface area contributed by atoms with Crippen molar-refractivity contribution in [3.05, 3.63) is 53.7 Å². The molecule has 0 aromatic carbocycles. The number of hydrogen-bond acceptors (Lipinski definition) is 13. The molecule has 1 amide bonds. The molecule has 4 aromatic heterocycles. The predicted molar refractivity (Wildman–Crippen MR) is 157 cm³/mol. The van der Waals surface area contributed by atoms with E-state index < -0.39 is 19.0 Å². The van der Waals surface area contributed by atoms with Gasteiger partial charge in [-0.25, -0.2) is 29.7 Å². The molecule has 15 nitrogen and oxygen atoms in total. The summed E-state index contributed by atoms with van der Waals surface area (Å²) in [6.07, 6.45) is 7.69. The Labute approximate surface area is 257 Å². The summed E-state index contributed by atoms with van der Waals surface area (Å²) in [7, 11) is 3.20. The number of pyridine rings is 1. The number of carbonyl (C=O) groups is 1. The van der Waals surface area contributed by atoms with Crippen LogP contribution in [-0.2, 0) is 11.8 Å². The summed E-state index contributed by atoms with van der Waals surface area (Å²) in [5.41, 5.74) is 2.60. The molecular formula is C28H29ClN10O5. The molecule has 228 valence electrons. The maximum atomic E-state index is 13.1. The molecule has 1 saturated carbocycles. The standard InChI is InChI=1S/C28H29ClN10O5/c1-38-25(21(29)14-35-38)24-17(9-30)11-32-26(37-24)36-19-4-6-20(7-5-19)39(28(42)44-15-23(40)41)22-8-3-16(10-31-22)18-12-33-27(43-2)34-13-18/h3,8,10-14,19-20,23,40-41H,4-7,15H2,1-2H3,(H,32,36,37)/t19-,20-. The number of aryl methyl sites for hydroxylation is 1. The van der Waals surface area contributed by atoms with E-state index in [4.69, 9.17) is 21.1 Å². The van der Waals surface area contributed by atoms with Crippen LogP contribution in [-0.4, -0.2) is 83.1 Å². The van der Waals surface area contributed by atoms with Crippen LogP contribution in [0, 0.1) is 11.3 Å². The van der Waals surface area contributed by atoms with Crippen LogP contribution in [0.2, 0.25) is 5.02 Å². The van der Waals surface area contributed by atoms with Crippen LogP contribution in [0.4, 0.5) is 16.6 Å². The van der Waals surface area contributed by atoms with Gasteiger partial charge in [0, 0.05) is 48.8 Å². The summed E-state index contributed by atoms with van der Waals surface area (Å²) in [6.45, 7) is -0.577. The fourth-order valence-electron chi connectivity index (χ4n) is 4.97. The Balaban J connectivity index is 1.30. The van der Waals surface area contributed by atoms with E-state index in [1.165, 1.54) is 24.4 Å². The van der Waals surface area contributed by atoms with Gasteiger partial charge < -0.3 is 25.0 Å². The Hall–Kier alpha value is -4.91. The van der Waals surface area contributed by atoms with Crippen molar-refractivity contribution in [1.82, 2.24) is 34.7 Å². The SMILES string of the molecule is COc1ncc(-c2ccc(N(C(=O)OCC(O)O)[C@H]3CC[C@H](Nc4ncc(C#N)c(-c5c(Cl)cnn5C)n4)CC3)nc2)cn1. The van der Waals surface area contributed by atoms with Crippen LogP contribution in [0.15, 0.2) is 43.1 Å². The monoisotopic (exact) mass is 620 g/mol. The number of halogens is 1. The molecule has 0 unspecified atom stereocenters. The molecule has 3 N–H and O–H groups in total. The summed E-state index contributed by atoms with van der Waals surface area (Å²) in [5, 5.41) is 35.9. The molecule has 1 aliphatic carbocycles. The summed E-state index contributed by atoms with van der Waals surface area (Å²) in [5.74, 6) is 0.692. The number of carbonyl (C=O) groups excluding carboxylic acids is 1. The van der Waals surface area contributed by atoms with Crippen LogP contribution < -0.4 is 15.0 Å². The first kappa shape index (κ1) is 30.5. The van der Waals surface area contributed by atoms with E-state index in [-0.39, 0.29) is 23.7 Å². The van der Waals surface area contributed by atoms with Gasteiger partial charge in [-0.2, -0.15) is 10.4 Å². The Bertz CT molecular complexity index is 1610. The third-order valence-corrected chi connectivity index (χ3v) is 7.39. The smallest absolute Gasteiger partial charge is 0.415 e. The second-order valence-electron chi connectivity index (χ2n) is 9.97. The highest BCUT2D eigenvalue weighted by molar-refractivity contribution is 6.33. The highest BCUT2D eigenvalue weighted by Gasteiger charge is 2.32. The number of nitriles is 1. The highest BCUT2D eigenvalue weighted by Crippen LogP contribution is 2.32. The summed E-state index contributed by atoms with van der Waals surface area (Å²) < 4.78 is 11.7. The van der Waals surface area contributed by atoms with Crippen LogP contribution >= 0.6 is 11.6 Å². The lowest BCUT2D eigenvalue weighted by molar-refractivity contribution is -0.0770. The average Bonchev–Trinajstić information content (AvgIpc) is 3.38. The summed E-state index contributed by atoms with van der Waals surface area (Å²) in [4.78, 5) is 36.2. The van der Waals surface area contributed by atoms with Crippen molar-refractivity contribution in [2.24, 2.45) is 7.05 Å². The number of rotatable bonds is 9. The number of methoxy groups -OCH3 is 1. The first-order valence-corrected chi connectivity index (χ1v) is 14.0. The quantitative estimate of drug-likeness (QED) is 0.231. The largest absolute Gasteiger partial charge is 0.467 e. The van der Waals surface area contributed by atoms with Gasteiger partial charge >= 0.3 is 12.1 Å². The van der Waals surface area contributed by atoms with E-state index in [0.29, 0.717) is 59.4 Å². The molecule has 0 radical (unpaired) electrons. The number of ether oxygens (including phenoxy) is 2. The number of nitrogens with zero attached hydrogens (tertiary/aromatic N) is 9. The Morgan fingerprint density at radius 1 is 1.11 bits per heavy atom. The van der Waals surface area contributed by atoms with Gasteiger partial charge in [-0.1, -0.05) is 11.6 Å². The topological polar surface area (TPSA) is 197 Å². The first-order valence-electron chi connectivity index (χ1n) is 13.6. The maximum absolute atomic E-state index is 13.1. The van der Waals surface area contributed by atoms with Gasteiger partial charge in [0.25, 0.3) is 0 Å². The molecule has 0 aliphatic heterocycles. The number of nitrogens with one attached hydrogen (secondary N) is 1. The van der Waals surface area contributed by atoms with E-state index in [1.807, 2.05) is 0 Å². The first-order chi connectivity index (χ1) is 21.3. The number of amides is 1. The molecule has 1 fully saturated rings. The molecule has 44 heavy (non-hydrogen) atoms. The lowest BCUT2D eigenvalue weighted by Crippen LogP contribution is -2.45. The van der Waals surface area contributed by atoms with Crippen LogP contribution in [0.1, 0.15) is 31.2 Å². The van der Waals surface area contributed by atoms with Gasteiger partial charge in [0.2, 0.25) is 5.95 Å². The lowest BCUT2D eigenvalue weighted by atomic mass is 9.90. The van der Waals surface area contributed by atoms with E-state index in [1.54, 1.807) is 42.5 Å². The van der Waals surface area contributed by atoms with Crippen molar-refractivity contribution in [3.8, 4) is 34.6 Å². The third kappa shape index (κ3) is 6.83. The summed E-state index contributed by atoms with van der Waals surface area (Å²) >= 11 is 6.31. The fourth-order valence-corrected chi connectivity index (χ4v) is 5.22. The van der Waals surface area contributed by atoms with Crippen molar-refractivity contribution in [1.29, 1.82) is 5.26 Å². The van der Waals surface area contributed by atoms with Crippen LogP contribution in [0.5, 0.6) is 6.01 Å².